The molecule has 7 nitrogen and oxygen atoms in total. The van der Waals surface area contributed by atoms with E-state index >= 15 is 0 Å². The summed E-state index contributed by atoms with van der Waals surface area (Å²) in [4.78, 5) is 29.4. The van der Waals surface area contributed by atoms with E-state index in [0.717, 1.165) is 0 Å². The molecule has 18 heavy (non-hydrogen) atoms. The van der Waals surface area contributed by atoms with Gasteiger partial charge in [0.2, 0.25) is 0 Å². The van der Waals surface area contributed by atoms with Crippen LogP contribution in [0.1, 0.15) is 25.7 Å². The Kier molecular flexibility index (Phi) is 5.06. The van der Waals surface area contributed by atoms with Crippen LogP contribution in [0, 0.1) is 10.1 Å². The second-order valence-electron chi connectivity index (χ2n) is 3.57. The van der Waals surface area contributed by atoms with Crippen molar-refractivity contribution in [1.82, 2.24) is 0 Å². The van der Waals surface area contributed by atoms with E-state index in [0.29, 0.717) is 0 Å². The van der Waals surface area contributed by atoms with Crippen LogP contribution in [0.25, 0.3) is 0 Å². The molecule has 0 rings (SSSR count). The van der Waals surface area contributed by atoms with E-state index in [-0.39, 0.29) is 0 Å². The second kappa shape index (κ2) is 5.65. The third-order valence-electron chi connectivity index (χ3n) is 2.38. The number of halogens is 3. The van der Waals surface area contributed by atoms with Gasteiger partial charge in [-0.1, -0.05) is 0 Å². The van der Waals surface area contributed by atoms with Gasteiger partial charge in [-0.15, -0.1) is 0 Å². The topological polar surface area (TPSA) is 118 Å². The van der Waals surface area contributed by atoms with Crippen molar-refractivity contribution in [3.63, 3.8) is 0 Å². The Morgan fingerprint density at radius 2 is 1.39 bits per heavy atom. The lowest BCUT2D eigenvalue weighted by Gasteiger charge is -2.26. The fourth-order valence-electron chi connectivity index (χ4n) is 1.32. The average Bonchev–Trinajstić information content (AvgIpc) is 2.14. The van der Waals surface area contributed by atoms with E-state index in [4.69, 9.17) is 10.2 Å². The highest BCUT2D eigenvalue weighted by Crippen LogP contribution is 2.40. The highest BCUT2D eigenvalue weighted by Gasteiger charge is 2.65. The van der Waals surface area contributed by atoms with Crippen LogP contribution in [-0.4, -0.2) is 38.8 Å². The van der Waals surface area contributed by atoms with Crippen LogP contribution >= 0.6 is 0 Å². The molecule has 0 heterocycles. The first kappa shape index (κ1) is 16.1. The minimum atomic E-state index is -5.32. The van der Waals surface area contributed by atoms with Crippen LogP contribution in [-0.2, 0) is 9.59 Å². The van der Waals surface area contributed by atoms with Crippen LogP contribution in [0.15, 0.2) is 0 Å². The van der Waals surface area contributed by atoms with E-state index in [2.05, 4.69) is 0 Å². The van der Waals surface area contributed by atoms with Crippen molar-refractivity contribution in [2.45, 2.75) is 37.4 Å². The Morgan fingerprint density at radius 3 is 1.56 bits per heavy atom. The lowest BCUT2D eigenvalue weighted by molar-refractivity contribution is -0.615. The van der Waals surface area contributed by atoms with Gasteiger partial charge in [-0.3, -0.25) is 19.7 Å². The van der Waals surface area contributed by atoms with Gasteiger partial charge in [-0.2, -0.15) is 13.2 Å². The highest BCUT2D eigenvalue weighted by atomic mass is 19.4. The number of aliphatic carboxylic acids is 2. The molecule has 0 unspecified atom stereocenters. The summed E-state index contributed by atoms with van der Waals surface area (Å²) in [5, 5.41) is 27.2. The molecule has 0 aromatic rings. The molecule has 0 aromatic heterocycles. The zero-order valence-electron chi connectivity index (χ0n) is 8.94. The molecule has 0 saturated heterocycles. The van der Waals surface area contributed by atoms with E-state index in [1.807, 2.05) is 0 Å². The van der Waals surface area contributed by atoms with Gasteiger partial charge < -0.3 is 10.2 Å². The summed E-state index contributed by atoms with van der Waals surface area (Å²) in [5.74, 6) is -3.25. The Labute approximate surface area is 98.4 Å². The quantitative estimate of drug-likeness (QED) is 0.533. The molecule has 104 valence electrons. The van der Waals surface area contributed by atoms with Crippen molar-refractivity contribution in [3.05, 3.63) is 10.1 Å². The largest absolute Gasteiger partial charge is 0.481 e. The first-order valence-corrected chi connectivity index (χ1v) is 4.68. The fourth-order valence-corrected chi connectivity index (χ4v) is 1.32. The van der Waals surface area contributed by atoms with E-state index < -0.39 is 54.3 Å². The van der Waals surface area contributed by atoms with Crippen molar-refractivity contribution >= 4 is 11.9 Å². The van der Waals surface area contributed by atoms with Crippen LogP contribution in [0.4, 0.5) is 13.2 Å². The van der Waals surface area contributed by atoms with Crippen molar-refractivity contribution < 1.29 is 37.9 Å². The van der Waals surface area contributed by atoms with Crippen LogP contribution < -0.4 is 0 Å². The van der Waals surface area contributed by atoms with Gasteiger partial charge in [0.1, 0.15) is 0 Å². The molecule has 2 N–H and O–H groups in total. The average molecular weight is 273 g/mol. The summed E-state index contributed by atoms with van der Waals surface area (Å²) in [6.07, 6.45) is -10.1. The van der Waals surface area contributed by atoms with Crippen molar-refractivity contribution in [3.8, 4) is 0 Å². The maximum atomic E-state index is 12.7. The molecule has 10 heteroatoms. The molecule has 0 amide bonds. The Bertz CT molecular complexity index is 335. The molecule has 0 aliphatic rings. The summed E-state index contributed by atoms with van der Waals surface area (Å²) in [5.41, 5.74) is -3.54. The standard InChI is InChI=1S/C8H10F3NO6/c9-8(10,11)7(12(17)18,3-1-5(13)14)4-2-6(15)16/h1-4H2,(H,13,14)(H,15,16). The summed E-state index contributed by atoms with van der Waals surface area (Å²) in [6, 6.07) is 0. The zero-order chi connectivity index (χ0) is 14.6. The summed E-state index contributed by atoms with van der Waals surface area (Å²) < 4.78 is 38.1. The third-order valence-corrected chi connectivity index (χ3v) is 2.38. The molecular formula is C8H10F3NO6. The predicted octanol–water partition coefficient (Wildman–Crippen LogP) is 1.29. The maximum absolute atomic E-state index is 12.7. The molecule has 0 radical (unpaired) electrons. The van der Waals surface area contributed by atoms with Gasteiger partial charge >= 0.3 is 23.7 Å². The van der Waals surface area contributed by atoms with Crippen LogP contribution in [0.2, 0.25) is 0 Å². The molecule has 0 aliphatic carbocycles. The number of carbonyl (C=O) groups is 2. The summed E-state index contributed by atoms with van der Waals surface area (Å²) in [6.45, 7) is 0. The van der Waals surface area contributed by atoms with Gasteiger partial charge in [-0.05, 0) is 0 Å². The lowest BCUT2D eigenvalue weighted by Crippen LogP contribution is -2.52. The molecule has 0 atom stereocenters. The van der Waals surface area contributed by atoms with Gasteiger partial charge in [0.05, 0.1) is 12.8 Å². The molecule has 0 bridgehead atoms. The van der Waals surface area contributed by atoms with Crippen LogP contribution in [0.5, 0.6) is 0 Å². The Hall–Kier alpha value is -1.87. The summed E-state index contributed by atoms with van der Waals surface area (Å²) >= 11 is 0. The number of carboxylic acids is 2. The molecule has 0 saturated carbocycles. The number of rotatable bonds is 7. The van der Waals surface area contributed by atoms with Crippen LogP contribution in [0.3, 0.4) is 0 Å². The van der Waals surface area contributed by atoms with E-state index in [1.165, 1.54) is 0 Å². The predicted molar refractivity (Wildman–Crippen MR) is 49.5 cm³/mol. The first-order valence-electron chi connectivity index (χ1n) is 4.68. The molecule has 0 aliphatic heterocycles. The minimum Gasteiger partial charge on any atom is -0.481 e. The van der Waals surface area contributed by atoms with E-state index in [1.54, 1.807) is 0 Å². The fraction of sp³-hybridized carbons (Fsp3) is 0.750. The van der Waals surface area contributed by atoms with Gasteiger partial charge in [-0.25, -0.2) is 0 Å². The van der Waals surface area contributed by atoms with Crippen molar-refractivity contribution in [2.75, 3.05) is 0 Å². The molecule has 0 fully saturated rings. The molecule has 0 spiro atoms. The maximum Gasteiger partial charge on any atom is 0.460 e. The number of nitrogens with zero attached hydrogens (tertiary/aromatic N) is 1. The summed E-state index contributed by atoms with van der Waals surface area (Å²) in [7, 11) is 0. The first-order chi connectivity index (χ1) is 8.03. The lowest BCUT2D eigenvalue weighted by atomic mass is 9.88. The van der Waals surface area contributed by atoms with Gasteiger partial charge in [0, 0.05) is 17.8 Å². The number of hydrogen-bond donors (Lipinski definition) is 2. The van der Waals surface area contributed by atoms with Gasteiger partial charge in [0.15, 0.2) is 0 Å². The highest BCUT2D eigenvalue weighted by molar-refractivity contribution is 5.67. The number of nitro groups is 1. The second-order valence-corrected chi connectivity index (χ2v) is 3.57. The van der Waals surface area contributed by atoms with Gasteiger partial charge in [0.25, 0.3) is 0 Å². The number of carboxylic acid groups (broad SMARTS) is 2. The monoisotopic (exact) mass is 273 g/mol. The molecular weight excluding hydrogens is 263 g/mol. The Morgan fingerprint density at radius 1 is 1.06 bits per heavy atom. The minimum absolute atomic E-state index is 1.07. The smallest absolute Gasteiger partial charge is 0.460 e. The van der Waals surface area contributed by atoms with Crippen molar-refractivity contribution in [2.24, 2.45) is 0 Å². The zero-order valence-corrected chi connectivity index (χ0v) is 8.94. The SMILES string of the molecule is O=C(O)CCC(CCC(=O)O)([N+](=O)[O-])C(F)(F)F. The van der Waals surface area contributed by atoms with Crippen molar-refractivity contribution in [1.29, 1.82) is 0 Å². The number of hydrogen-bond acceptors (Lipinski definition) is 4. The number of alkyl halides is 3. The molecule has 0 aromatic carbocycles. The van der Waals surface area contributed by atoms with E-state index in [9.17, 15) is 32.9 Å². The third kappa shape index (κ3) is 3.86. The Balaban J connectivity index is 5.23. The normalized spacial score (nSPS) is 12.2.